The zero-order chi connectivity index (χ0) is 10.9. The molecule has 84 valence electrons. The van der Waals surface area contributed by atoms with Gasteiger partial charge in [-0.15, -0.1) is 22.9 Å². The molecule has 0 spiro atoms. The van der Waals surface area contributed by atoms with E-state index in [0.29, 0.717) is 13.1 Å². The second kappa shape index (κ2) is 4.41. The summed E-state index contributed by atoms with van der Waals surface area (Å²) in [6, 6.07) is 2.00. The third-order valence-corrected chi connectivity index (χ3v) is 5.76. The lowest BCUT2D eigenvalue weighted by Crippen LogP contribution is -2.37. The minimum atomic E-state index is -3.15. The molecule has 0 aliphatic carbocycles. The molecule has 0 aromatic carbocycles. The van der Waals surface area contributed by atoms with Crippen molar-refractivity contribution in [3.8, 4) is 0 Å². The molecule has 1 aliphatic heterocycles. The predicted octanol–water partition coefficient (Wildman–Crippen LogP) is 1.67. The van der Waals surface area contributed by atoms with Crippen LogP contribution in [0.2, 0.25) is 0 Å². The summed E-state index contributed by atoms with van der Waals surface area (Å²) in [5.74, 6) is 0.198. The quantitative estimate of drug-likeness (QED) is 0.780. The van der Waals surface area contributed by atoms with Crippen molar-refractivity contribution >= 4 is 33.0 Å². The van der Waals surface area contributed by atoms with Gasteiger partial charge in [-0.25, -0.2) is 8.42 Å². The van der Waals surface area contributed by atoms with Crippen molar-refractivity contribution in [1.29, 1.82) is 0 Å². The molecule has 0 radical (unpaired) electrons. The molecule has 0 saturated carbocycles. The SMILES string of the molecule is O=S(=O)(CCCl)N1CCc2sccc2C1. The Labute approximate surface area is 98.7 Å². The Morgan fingerprint density at radius 3 is 3.07 bits per heavy atom. The summed E-state index contributed by atoms with van der Waals surface area (Å²) in [6.07, 6.45) is 0.828. The van der Waals surface area contributed by atoms with Gasteiger partial charge in [0.05, 0.1) is 5.75 Å². The van der Waals surface area contributed by atoms with E-state index in [0.717, 1.165) is 12.0 Å². The maximum atomic E-state index is 11.8. The van der Waals surface area contributed by atoms with Crippen LogP contribution < -0.4 is 0 Å². The summed E-state index contributed by atoms with van der Waals surface area (Å²) in [6.45, 7) is 1.10. The fourth-order valence-corrected chi connectivity index (χ4v) is 4.32. The van der Waals surface area contributed by atoms with Gasteiger partial charge in [-0.2, -0.15) is 4.31 Å². The Kier molecular flexibility index (Phi) is 3.35. The summed E-state index contributed by atoms with van der Waals surface area (Å²) in [5.41, 5.74) is 1.14. The average molecular weight is 266 g/mol. The predicted molar refractivity (Wildman–Crippen MR) is 62.9 cm³/mol. The lowest BCUT2D eigenvalue weighted by atomic mass is 10.1. The van der Waals surface area contributed by atoms with E-state index in [1.807, 2.05) is 11.4 Å². The standard InChI is InChI=1S/C9H12ClNO2S2/c10-3-6-15(12,13)11-4-1-9-8(7-11)2-5-14-9/h2,5H,1,3-4,6-7H2. The fraction of sp³-hybridized carbons (Fsp3) is 0.556. The second-order valence-electron chi connectivity index (χ2n) is 3.46. The smallest absolute Gasteiger partial charge is 0.212 e. The van der Waals surface area contributed by atoms with Crippen LogP contribution in [0.1, 0.15) is 10.4 Å². The Balaban J connectivity index is 2.16. The number of nitrogens with zero attached hydrogens (tertiary/aromatic N) is 1. The van der Waals surface area contributed by atoms with Gasteiger partial charge in [-0.3, -0.25) is 0 Å². The number of sulfonamides is 1. The number of halogens is 1. The molecule has 1 aromatic rings. The van der Waals surface area contributed by atoms with E-state index in [9.17, 15) is 8.42 Å². The van der Waals surface area contributed by atoms with Crippen molar-refractivity contribution in [2.75, 3.05) is 18.2 Å². The fourth-order valence-electron chi connectivity index (χ4n) is 1.69. The van der Waals surface area contributed by atoms with E-state index in [2.05, 4.69) is 0 Å². The summed E-state index contributed by atoms with van der Waals surface area (Å²) >= 11 is 7.18. The van der Waals surface area contributed by atoms with Crippen LogP contribution >= 0.6 is 22.9 Å². The van der Waals surface area contributed by atoms with Crippen LogP contribution in [0.15, 0.2) is 11.4 Å². The number of thiophene rings is 1. The highest BCUT2D eigenvalue weighted by atomic mass is 35.5. The Hall–Kier alpha value is -0.100. The van der Waals surface area contributed by atoms with Crippen molar-refractivity contribution < 1.29 is 8.42 Å². The van der Waals surface area contributed by atoms with E-state index in [1.54, 1.807) is 11.3 Å². The molecule has 1 aliphatic rings. The normalized spacial score (nSPS) is 17.7. The molecule has 0 N–H and O–H groups in total. The molecule has 1 aromatic heterocycles. The van der Waals surface area contributed by atoms with Crippen LogP contribution in [0, 0.1) is 0 Å². The summed E-state index contributed by atoms with van der Waals surface area (Å²) in [5, 5.41) is 2.02. The van der Waals surface area contributed by atoms with Crippen LogP contribution in [0.3, 0.4) is 0 Å². The number of fused-ring (bicyclic) bond motifs is 1. The van der Waals surface area contributed by atoms with Gasteiger partial charge in [-0.05, 0) is 23.4 Å². The first-order valence-electron chi connectivity index (χ1n) is 4.72. The molecule has 0 atom stereocenters. The van der Waals surface area contributed by atoms with E-state index in [-0.39, 0.29) is 11.6 Å². The number of alkyl halides is 1. The molecule has 0 unspecified atom stereocenters. The van der Waals surface area contributed by atoms with Gasteiger partial charge in [0.2, 0.25) is 10.0 Å². The number of hydrogen-bond acceptors (Lipinski definition) is 3. The van der Waals surface area contributed by atoms with E-state index in [4.69, 9.17) is 11.6 Å². The van der Waals surface area contributed by atoms with Crippen LogP contribution in [0.25, 0.3) is 0 Å². The lowest BCUT2D eigenvalue weighted by Gasteiger charge is -2.25. The molecule has 15 heavy (non-hydrogen) atoms. The second-order valence-corrected chi connectivity index (χ2v) is 6.92. The molecular formula is C9H12ClNO2S2. The zero-order valence-electron chi connectivity index (χ0n) is 8.15. The Bertz CT molecular complexity index is 441. The third kappa shape index (κ3) is 2.36. The monoisotopic (exact) mass is 265 g/mol. The highest BCUT2D eigenvalue weighted by molar-refractivity contribution is 7.89. The number of rotatable bonds is 3. The minimum Gasteiger partial charge on any atom is -0.212 e. The average Bonchev–Trinajstić information content (AvgIpc) is 2.63. The van der Waals surface area contributed by atoms with Crippen LogP contribution in [-0.2, 0) is 23.0 Å². The molecular weight excluding hydrogens is 254 g/mol. The molecule has 3 nitrogen and oxygen atoms in total. The van der Waals surface area contributed by atoms with E-state index >= 15 is 0 Å². The maximum absolute atomic E-state index is 11.8. The third-order valence-electron chi connectivity index (χ3n) is 2.50. The first-order valence-corrected chi connectivity index (χ1v) is 7.75. The van der Waals surface area contributed by atoms with Crippen molar-refractivity contribution in [1.82, 2.24) is 4.31 Å². The maximum Gasteiger partial charge on any atom is 0.215 e. The highest BCUT2D eigenvalue weighted by Gasteiger charge is 2.26. The van der Waals surface area contributed by atoms with E-state index in [1.165, 1.54) is 9.18 Å². The summed E-state index contributed by atoms with van der Waals surface area (Å²) in [4.78, 5) is 1.31. The lowest BCUT2D eigenvalue weighted by molar-refractivity contribution is 0.395. The Morgan fingerprint density at radius 2 is 2.33 bits per heavy atom. The topological polar surface area (TPSA) is 37.4 Å². The van der Waals surface area contributed by atoms with Crippen molar-refractivity contribution in [2.45, 2.75) is 13.0 Å². The van der Waals surface area contributed by atoms with Gasteiger partial charge in [0.15, 0.2) is 0 Å². The zero-order valence-corrected chi connectivity index (χ0v) is 10.5. The summed E-state index contributed by atoms with van der Waals surface area (Å²) in [7, 11) is -3.15. The minimum absolute atomic E-state index is 0.0357. The van der Waals surface area contributed by atoms with Gasteiger partial charge >= 0.3 is 0 Å². The molecule has 2 rings (SSSR count). The first-order chi connectivity index (χ1) is 7.13. The van der Waals surface area contributed by atoms with Crippen LogP contribution in [0.4, 0.5) is 0 Å². The van der Waals surface area contributed by atoms with Crippen LogP contribution in [-0.4, -0.2) is 30.9 Å². The highest BCUT2D eigenvalue weighted by Crippen LogP contribution is 2.25. The Morgan fingerprint density at radius 1 is 1.53 bits per heavy atom. The van der Waals surface area contributed by atoms with Gasteiger partial charge in [0.1, 0.15) is 0 Å². The largest absolute Gasteiger partial charge is 0.215 e. The van der Waals surface area contributed by atoms with Gasteiger partial charge < -0.3 is 0 Å². The molecule has 0 amide bonds. The first kappa shape index (κ1) is 11.4. The van der Waals surface area contributed by atoms with Crippen molar-refractivity contribution in [3.05, 3.63) is 21.9 Å². The van der Waals surface area contributed by atoms with Crippen molar-refractivity contribution in [3.63, 3.8) is 0 Å². The molecule has 0 fully saturated rings. The van der Waals surface area contributed by atoms with Crippen molar-refractivity contribution in [2.24, 2.45) is 0 Å². The van der Waals surface area contributed by atoms with Gasteiger partial charge in [0.25, 0.3) is 0 Å². The van der Waals surface area contributed by atoms with Gasteiger partial charge in [-0.1, -0.05) is 0 Å². The molecule has 6 heteroatoms. The van der Waals surface area contributed by atoms with Crippen LogP contribution in [0.5, 0.6) is 0 Å². The van der Waals surface area contributed by atoms with E-state index < -0.39 is 10.0 Å². The number of hydrogen-bond donors (Lipinski definition) is 0. The molecule has 0 saturated heterocycles. The molecule has 0 bridgehead atoms. The molecule has 2 heterocycles. The summed E-state index contributed by atoms with van der Waals surface area (Å²) < 4.78 is 25.1. The van der Waals surface area contributed by atoms with Gasteiger partial charge in [0, 0.05) is 23.8 Å².